The van der Waals surface area contributed by atoms with E-state index in [2.05, 4.69) is 19.1 Å². The average Bonchev–Trinajstić information content (AvgIpc) is 2.63. The van der Waals surface area contributed by atoms with Crippen LogP contribution < -0.4 is 4.74 Å². The van der Waals surface area contributed by atoms with Crippen molar-refractivity contribution in [2.45, 2.75) is 71.1 Å². The van der Waals surface area contributed by atoms with Gasteiger partial charge >= 0.3 is 0 Å². The van der Waals surface area contributed by atoms with Gasteiger partial charge in [-0.05, 0) is 62.0 Å². The zero-order valence-corrected chi connectivity index (χ0v) is 15.7. The molecule has 1 nitrogen and oxygen atoms in total. The van der Waals surface area contributed by atoms with Crippen LogP contribution in [0.4, 0.5) is 8.78 Å². The molecule has 0 aliphatic heterocycles. The van der Waals surface area contributed by atoms with E-state index in [0.717, 1.165) is 12.3 Å². The van der Waals surface area contributed by atoms with Crippen LogP contribution in [0.1, 0.15) is 70.3 Å². The molecule has 1 fully saturated rings. The molecule has 0 amide bonds. The fourth-order valence-electron chi connectivity index (χ4n) is 3.80. The summed E-state index contributed by atoms with van der Waals surface area (Å²) in [4.78, 5) is 0. The van der Waals surface area contributed by atoms with E-state index in [0.29, 0.717) is 17.9 Å². The molecule has 140 valence electrons. The van der Waals surface area contributed by atoms with Crippen molar-refractivity contribution in [1.29, 1.82) is 0 Å². The lowest BCUT2D eigenvalue weighted by Gasteiger charge is -2.26. The quantitative estimate of drug-likeness (QED) is 0.349. The lowest BCUT2D eigenvalue weighted by atomic mass is 9.79. The average molecular weight is 350 g/mol. The van der Waals surface area contributed by atoms with Crippen LogP contribution >= 0.6 is 0 Å². The lowest BCUT2D eigenvalue weighted by molar-refractivity contribution is 0.289. The predicted molar refractivity (Wildman–Crippen MR) is 100.0 cm³/mol. The van der Waals surface area contributed by atoms with E-state index in [1.165, 1.54) is 64.5 Å². The fourth-order valence-corrected chi connectivity index (χ4v) is 3.80. The predicted octanol–water partition coefficient (Wildman–Crippen LogP) is 6.85. The van der Waals surface area contributed by atoms with Gasteiger partial charge in [0.2, 0.25) is 5.82 Å². The highest BCUT2D eigenvalue weighted by atomic mass is 19.2. The van der Waals surface area contributed by atoms with Crippen LogP contribution in [0.5, 0.6) is 5.75 Å². The van der Waals surface area contributed by atoms with Crippen molar-refractivity contribution in [2.75, 3.05) is 7.11 Å². The molecule has 1 aromatic rings. The summed E-state index contributed by atoms with van der Waals surface area (Å²) in [7, 11) is 1.35. The summed E-state index contributed by atoms with van der Waals surface area (Å²) in [6, 6.07) is 3.11. The van der Waals surface area contributed by atoms with Gasteiger partial charge in [0.1, 0.15) is 0 Å². The molecule has 1 aromatic carbocycles. The van der Waals surface area contributed by atoms with Gasteiger partial charge in [0.15, 0.2) is 11.6 Å². The molecule has 1 aliphatic carbocycles. The Kier molecular flexibility index (Phi) is 8.43. The highest BCUT2D eigenvalue weighted by Crippen LogP contribution is 2.32. The Morgan fingerprint density at radius 1 is 1.08 bits per heavy atom. The number of rotatable bonds is 9. The number of methoxy groups -OCH3 is 1. The Morgan fingerprint density at radius 2 is 1.84 bits per heavy atom. The van der Waals surface area contributed by atoms with Gasteiger partial charge in [-0.1, -0.05) is 50.8 Å². The van der Waals surface area contributed by atoms with Gasteiger partial charge in [-0.2, -0.15) is 4.39 Å². The van der Waals surface area contributed by atoms with Gasteiger partial charge in [-0.15, -0.1) is 0 Å². The van der Waals surface area contributed by atoms with Gasteiger partial charge in [0, 0.05) is 0 Å². The molecule has 0 aromatic heterocycles. The molecular formula is C22H32F2O. The van der Waals surface area contributed by atoms with Gasteiger partial charge < -0.3 is 4.74 Å². The summed E-state index contributed by atoms with van der Waals surface area (Å²) < 4.78 is 32.4. The molecule has 0 atom stereocenters. The molecule has 1 aliphatic rings. The molecule has 0 radical (unpaired) electrons. The molecule has 0 bridgehead atoms. The highest BCUT2D eigenvalue weighted by Gasteiger charge is 2.19. The molecule has 25 heavy (non-hydrogen) atoms. The molecule has 0 spiro atoms. The third-order valence-corrected chi connectivity index (χ3v) is 5.44. The maximum Gasteiger partial charge on any atom is 0.200 e. The third kappa shape index (κ3) is 6.13. The monoisotopic (exact) mass is 350 g/mol. The minimum Gasteiger partial charge on any atom is -0.494 e. The van der Waals surface area contributed by atoms with Crippen molar-refractivity contribution in [3.8, 4) is 5.75 Å². The molecule has 0 unspecified atom stereocenters. The second-order valence-corrected chi connectivity index (χ2v) is 7.30. The van der Waals surface area contributed by atoms with Crippen molar-refractivity contribution >= 4 is 0 Å². The van der Waals surface area contributed by atoms with E-state index < -0.39 is 11.6 Å². The normalized spacial score (nSPS) is 21.0. The first-order valence-corrected chi connectivity index (χ1v) is 9.83. The molecule has 0 N–H and O–H groups in total. The maximum atomic E-state index is 13.9. The van der Waals surface area contributed by atoms with E-state index in [1.807, 2.05) is 0 Å². The van der Waals surface area contributed by atoms with Crippen molar-refractivity contribution in [3.05, 3.63) is 41.5 Å². The molecule has 1 saturated carbocycles. The highest BCUT2D eigenvalue weighted by molar-refractivity contribution is 5.31. The Balaban J connectivity index is 1.71. The number of aryl methyl sites for hydroxylation is 1. The number of ether oxygens (including phenoxy) is 1. The van der Waals surface area contributed by atoms with Gasteiger partial charge in [0.05, 0.1) is 7.11 Å². The summed E-state index contributed by atoms with van der Waals surface area (Å²) in [6.45, 7) is 2.26. The lowest BCUT2D eigenvalue weighted by Crippen LogP contribution is -2.13. The zero-order chi connectivity index (χ0) is 18.1. The number of unbranched alkanes of at least 4 members (excludes halogenated alkanes) is 2. The van der Waals surface area contributed by atoms with E-state index >= 15 is 0 Å². The molecule has 0 saturated heterocycles. The zero-order valence-electron chi connectivity index (χ0n) is 15.7. The summed E-state index contributed by atoms with van der Waals surface area (Å²) >= 11 is 0. The summed E-state index contributed by atoms with van der Waals surface area (Å²) in [6.07, 6.45) is 16.4. The second kappa shape index (κ2) is 10.6. The molecule has 2 rings (SSSR count). The first-order valence-electron chi connectivity index (χ1n) is 9.83. The fraction of sp³-hybridized carbons (Fsp3) is 0.636. The minimum absolute atomic E-state index is 0.0347. The number of benzene rings is 1. The summed E-state index contributed by atoms with van der Waals surface area (Å²) in [5, 5.41) is 0. The van der Waals surface area contributed by atoms with E-state index in [1.54, 1.807) is 6.07 Å². The number of hydrogen-bond donors (Lipinski definition) is 0. The number of allylic oxidation sites excluding steroid dienone is 2. The second-order valence-electron chi connectivity index (χ2n) is 7.30. The van der Waals surface area contributed by atoms with Gasteiger partial charge in [-0.3, -0.25) is 0 Å². The number of halogens is 2. The molecular weight excluding hydrogens is 318 g/mol. The van der Waals surface area contributed by atoms with E-state index in [-0.39, 0.29) is 5.75 Å². The smallest absolute Gasteiger partial charge is 0.200 e. The van der Waals surface area contributed by atoms with Crippen LogP contribution in [0.15, 0.2) is 24.3 Å². The maximum absolute atomic E-state index is 13.9. The Labute approximate surface area is 151 Å². The van der Waals surface area contributed by atoms with Crippen LogP contribution in [-0.2, 0) is 6.42 Å². The van der Waals surface area contributed by atoms with Crippen LogP contribution in [0.3, 0.4) is 0 Å². The largest absolute Gasteiger partial charge is 0.494 e. The van der Waals surface area contributed by atoms with Crippen LogP contribution in [0.2, 0.25) is 0 Å². The Bertz CT molecular complexity index is 545. The standard InChI is InChI=1S/C22H32F2O/c1-3-4-5-8-17-11-13-18(14-12-17)9-6-7-10-19-15-16-20(25-2)22(24)21(19)23/h6,9,15-18H,3-5,7-8,10-14H2,1-2H3/b9-6+. The molecule has 0 heterocycles. The minimum atomic E-state index is -0.884. The van der Waals surface area contributed by atoms with Crippen molar-refractivity contribution < 1.29 is 13.5 Å². The number of hydrogen-bond acceptors (Lipinski definition) is 1. The first-order chi connectivity index (χ1) is 12.2. The first kappa shape index (κ1) is 19.9. The van der Waals surface area contributed by atoms with Crippen LogP contribution in [0, 0.1) is 23.5 Å². The molecule has 3 heteroatoms. The Hall–Kier alpha value is -1.38. The van der Waals surface area contributed by atoms with Gasteiger partial charge in [-0.25, -0.2) is 4.39 Å². The topological polar surface area (TPSA) is 9.23 Å². The van der Waals surface area contributed by atoms with E-state index in [4.69, 9.17) is 4.74 Å². The van der Waals surface area contributed by atoms with Gasteiger partial charge in [0.25, 0.3) is 0 Å². The van der Waals surface area contributed by atoms with Crippen molar-refractivity contribution in [1.82, 2.24) is 0 Å². The van der Waals surface area contributed by atoms with E-state index in [9.17, 15) is 8.78 Å². The SMILES string of the molecule is CCCCCC1CCC(/C=C/CCc2ccc(OC)c(F)c2F)CC1. The van der Waals surface area contributed by atoms with Crippen LogP contribution in [0.25, 0.3) is 0 Å². The summed E-state index contributed by atoms with van der Waals surface area (Å²) in [5.74, 6) is -0.106. The third-order valence-electron chi connectivity index (χ3n) is 5.44. The summed E-state index contributed by atoms with van der Waals surface area (Å²) in [5.41, 5.74) is 0.419. The Morgan fingerprint density at radius 3 is 2.52 bits per heavy atom. The van der Waals surface area contributed by atoms with Crippen LogP contribution in [-0.4, -0.2) is 7.11 Å². The van der Waals surface area contributed by atoms with Crippen molar-refractivity contribution in [3.63, 3.8) is 0 Å². The van der Waals surface area contributed by atoms with Crippen molar-refractivity contribution in [2.24, 2.45) is 11.8 Å².